The first-order chi connectivity index (χ1) is 15.5. The summed E-state index contributed by atoms with van der Waals surface area (Å²) in [5, 5.41) is 43.7. The maximum Gasteiger partial charge on any atom is 0.288 e. The number of benzene rings is 2. The fourth-order valence-electron chi connectivity index (χ4n) is 3.70. The summed E-state index contributed by atoms with van der Waals surface area (Å²) in [6, 6.07) is 10.7. The van der Waals surface area contributed by atoms with Crippen LogP contribution in [0.2, 0.25) is 0 Å². The molecule has 0 spiro atoms. The van der Waals surface area contributed by atoms with E-state index in [0.29, 0.717) is 5.56 Å². The highest BCUT2D eigenvalue weighted by Crippen LogP contribution is 2.43. The van der Waals surface area contributed by atoms with E-state index in [0.717, 1.165) is 0 Å². The number of non-ortho nitro benzene ring substituents is 1. The third-order valence-electron chi connectivity index (χ3n) is 5.03. The van der Waals surface area contributed by atoms with Crippen LogP contribution in [0.4, 0.5) is 23.0 Å². The molecule has 2 N–H and O–H groups in total. The molecule has 3 heterocycles. The van der Waals surface area contributed by atoms with Crippen molar-refractivity contribution >= 4 is 23.0 Å². The average molecular weight is 433 g/mol. The van der Waals surface area contributed by atoms with Gasteiger partial charge in [0.1, 0.15) is 11.7 Å². The van der Waals surface area contributed by atoms with Crippen LogP contribution in [0, 0.1) is 20.2 Å². The molecule has 4 aromatic rings. The number of hydrogen-bond acceptors (Lipinski definition) is 10. The quantitative estimate of drug-likeness (QED) is 0.313. The molecule has 14 nitrogen and oxygen atoms in total. The Bertz CT molecular complexity index is 1460. The monoisotopic (exact) mass is 433 g/mol. The van der Waals surface area contributed by atoms with Gasteiger partial charge in [0.2, 0.25) is 5.95 Å². The molecule has 0 unspecified atom stereocenters. The van der Waals surface area contributed by atoms with E-state index in [4.69, 9.17) is 0 Å². The van der Waals surface area contributed by atoms with Crippen LogP contribution in [-0.2, 0) is 0 Å². The lowest BCUT2D eigenvalue weighted by Gasteiger charge is -2.27. The van der Waals surface area contributed by atoms with Crippen molar-refractivity contribution < 1.29 is 9.85 Å². The second-order valence-electron chi connectivity index (χ2n) is 6.79. The average Bonchev–Trinajstić information content (AvgIpc) is 3.26. The molecule has 2 aromatic carbocycles. The van der Waals surface area contributed by atoms with Crippen molar-refractivity contribution in [2.75, 3.05) is 5.32 Å². The predicted octanol–water partition coefficient (Wildman–Crippen LogP) is 1.93. The van der Waals surface area contributed by atoms with Crippen LogP contribution in [0.3, 0.4) is 0 Å². The van der Waals surface area contributed by atoms with Gasteiger partial charge in [-0.25, -0.2) is 5.10 Å². The van der Waals surface area contributed by atoms with Crippen molar-refractivity contribution in [2.45, 2.75) is 6.04 Å². The van der Waals surface area contributed by atoms with Gasteiger partial charge in [0.05, 0.1) is 21.1 Å². The largest absolute Gasteiger partial charge is 0.318 e. The molecule has 158 valence electrons. The van der Waals surface area contributed by atoms with Gasteiger partial charge in [0, 0.05) is 29.3 Å². The van der Waals surface area contributed by atoms with Crippen LogP contribution in [0.1, 0.15) is 17.2 Å². The molecule has 1 atom stereocenters. The molecule has 0 radical (unpaired) electrons. The molecule has 2 aromatic heterocycles. The number of nitro groups is 2. The first-order valence-corrected chi connectivity index (χ1v) is 9.11. The van der Waals surface area contributed by atoms with E-state index in [1.165, 1.54) is 41.1 Å². The summed E-state index contributed by atoms with van der Waals surface area (Å²) in [6.07, 6.45) is 0. The molecule has 32 heavy (non-hydrogen) atoms. The minimum absolute atomic E-state index is 0.0342. The first kappa shape index (κ1) is 19.0. The van der Waals surface area contributed by atoms with Gasteiger partial charge in [-0.05, 0) is 16.5 Å². The Balaban J connectivity index is 1.84. The molecule has 0 saturated heterocycles. The Labute approximate surface area is 176 Å². The minimum atomic E-state index is -0.998. The number of anilines is 2. The summed E-state index contributed by atoms with van der Waals surface area (Å²) in [5.41, 5.74) is -0.000596. The van der Waals surface area contributed by atoms with E-state index < -0.39 is 21.4 Å². The van der Waals surface area contributed by atoms with Gasteiger partial charge < -0.3 is 5.32 Å². The third kappa shape index (κ3) is 2.85. The van der Waals surface area contributed by atoms with E-state index in [9.17, 15) is 25.0 Å². The normalized spacial score (nSPS) is 14.2. The molecule has 0 fully saturated rings. The van der Waals surface area contributed by atoms with Crippen molar-refractivity contribution in [3.05, 3.63) is 90.2 Å². The lowest BCUT2D eigenvalue weighted by Crippen LogP contribution is -2.29. The number of nitrogens with zero attached hydrogens (tertiary/aromatic N) is 7. The highest BCUT2D eigenvalue weighted by Gasteiger charge is 2.37. The SMILES string of the molecule is O=c1[nH]nc(-c2cccc([N+](=O)[O-])c2)c2c1Nc1nnnn1[C@@H]2c1ccccc1[N+](=O)[O-]. The summed E-state index contributed by atoms with van der Waals surface area (Å²) in [7, 11) is 0. The van der Waals surface area contributed by atoms with Gasteiger partial charge in [-0.1, -0.05) is 29.4 Å². The molecule has 0 bridgehead atoms. The van der Waals surface area contributed by atoms with Crippen molar-refractivity contribution in [3.63, 3.8) is 0 Å². The van der Waals surface area contributed by atoms with Crippen LogP contribution < -0.4 is 10.9 Å². The molecule has 1 aliphatic rings. The second kappa shape index (κ2) is 7.05. The Hall–Kier alpha value is -5.01. The molecule has 1 aliphatic heterocycles. The molecule has 0 amide bonds. The van der Waals surface area contributed by atoms with Crippen LogP contribution in [0.25, 0.3) is 11.3 Å². The summed E-state index contributed by atoms with van der Waals surface area (Å²) in [5.74, 6) is 0.0994. The van der Waals surface area contributed by atoms with Gasteiger partial charge in [0.25, 0.3) is 16.9 Å². The molecule has 14 heteroatoms. The predicted molar refractivity (Wildman–Crippen MR) is 108 cm³/mol. The summed E-state index contributed by atoms with van der Waals surface area (Å²) >= 11 is 0. The van der Waals surface area contributed by atoms with Crippen LogP contribution in [0.15, 0.2) is 53.3 Å². The molecule has 0 saturated carbocycles. The number of nitrogens with one attached hydrogen (secondary N) is 2. The number of aromatic amines is 1. The first-order valence-electron chi connectivity index (χ1n) is 9.11. The van der Waals surface area contributed by atoms with E-state index in [-0.39, 0.29) is 39.8 Å². The molecule has 0 aliphatic carbocycles. The minimum Gasteiger partial charge on any atom is -0.318 e. The number of aromatic nitrogens is 6. The molecule has 5 rings (SSSR count). The number of fused-ring (bicyclic) bond motifs is 2. The Morgan fingerprint density at radius 1 is 1.03 bits per heavy atom. The van der Waals surface area contributed by atoms with Crippen molar-refractivity contribution in [3.8, 4) is 11.3 Å². The number of tetrazole rings is 1. The highest BCUT2D eigenvalue weighted by atomic mass is 16.6. The summed E-state index contributed by atoms with van der Waals surface area (Å²) in [4.78, 5) is 34.6. The highest BCUT2D eigenvalue weighted by molar-refractivity contribution is 5.77. The zero-order valence-electron chi connectivity index (χ0n) is 15.9. The van der Waals surface area contributed by atoms with Crippen LogP contribution in [0.5, 0.6) is 0 Å². The number of nitro benzene ring substituents is 2. The van der Waals surface area contributed by atoms with Gasteiger partial charge in [0.15, 0.2) is 0 Å². The number of rotatable bonds is 4. The maximum absolute atomic E-state index is 12.6. The van der Waals surface area contributed by atoms with Crippen LogP contribution >= 0.6 is 0 Å². The summed E-state index contributed by atoms with van der Waals surface area (Å²) in [6.45, 7) is 0. The molecular formula is C18H11N9O5. The van der Waals surface area contributed by atoms with Crippen molar-refractivity contribution in [1.29, 1.82) is 0 Å². The molecular weight excluding hydrogens is 422 g/mol. The van der Waals surface area contributed by atoms with Crippen molar-refractivity contribution in [2.24, 2.45) is 0 Å². The number of hydrogen-bond donors (Lipinski definition) is 2. The lowest BCUT2D eigenvalue weighted by molar-refractivity contribution is -0.385. The van der Waals surface area contributed by atoms with E-state index in [1.54, 1.807) is 12.1 Å². The van der Waals surface area contributed by atoms with E-state index >= 15 is 0 Å². The van der Waals surface area contributed by atoms with Crippen LogP contribution in [-0.4, -0.2) is 40.3 Å². The van der Waals surface area contributed by atoms with Gasteiger partial charge in [-0.15, -0.1) is 0 Å². The number of para-hydroxylation sites is 1. The standard InChI is InChI=1S/C18H11N9O5/c28-17-15-13(14(20-21-17)9-4-3-5-10(8-9)26(29)30)16(25-18(19-15)22-23-24-25)11-6-1-2-7-12(11)27(31)32/h1-8,16H,(H,21,28)(H,19,22,24)/t16-/m1/s1. The summed E-state index contributed by atoms with van der Waals surface area (Å²) < 4.78 is 1.30. The smallest absolute Gasteiger partial charge is 0.288 e. The fraction of sp³-hybridized carbons (Fsp3) is 0.0556. The van der Waals surface area contributed by atoms with Gasteiger partial charge in [-0.2, -0.15) is 9.78 Å². The lowest BCUT2D eigenvalue weighted by atomic mass is 9.91. The maximum atomic E-state index is 12.6. The topological polar surface area (TPSA) is 188 Å². The third-order valence-corrected chi connectivity index (χ3v) is 5.03. The van der Waals surface area contributed by atoms with E-state index in [2.05, 4.69) is 31.0 Å². The Morgan fingerprint density at radius 2 is 1.84 bits per heavy atom. The van der Waals surface area contributed by atoms with Gasteiger partial charge in [-0.3, -0.25) is 25.0 Å². The second-order valence-corrected chi connectivity index (χ2v) is 6.79. The fourth-order valence-corrected chi connectivity index (χ4v) is 3.70. The zero-order valence-corrected chi connectivity index (χ0v) is 15.9. The van der Waals surface area contributed by atoms with Gasteiger partial charge >= 0.3 is 0 Å². The zero-order chi connectivity index (χ0) is 22.4. The Morgan fingerprint density at radius 3 is 2.62 bits per heavy atom. The number of H-pyrrole nitrogens is 1. The Kier molecular flexibility index (Phi) is 4.18. The van der Waals surface area contributed by atoms with Crippen molar-refractivity contribution in [1.82, 2.24) is 30.4 Å². The van der Waals surface area contributed by atoms with E-state index in [1.807, 2.05) is 0 Å².